The molecule has 0 aliphatic rings. The Kier molecular flexibility index (Phi) is 3.40. The molecule has 3 rings (SSSR count). The first kappa shape index (κ1) is 12.5. The van der Waals surface area contributed by atoms with Crippen LogP contribution in [0.4, 0.5) is 4.39 Å². The quantitative estimate of drug-likeness (QED) is 0.639. The van der Waals surface area contributed by atoms with Crippen molar-refractivity contribution in [2.45, 2.75) is 6.61 Å². The van der Waals surface area contributed by atoms with Gasteiger partial charge in [-0.15, -0.1) is 11.3 Å². The molecule has 0 radical (unpaired) electrons. The fourth-order valence-electron chi connectivity index (χ4n) is 1.84. The van der Waals surface area contributed by atoms with Crippen LogP contribution in [0.3, 0.4) is 0 Å². The molecule has 4 heteroatoms. The van der Waals surface area contributed by atoms with Crippen molar-refractivity contribution in [2.75, 3.05) is 0 Å². The van der Waals surface area contributed by atoms with Gasteiger partial charge in [-0.25, -0.2) is 4.39 Å². The normalized spacial score (nSPS) is 10.8. The van der Waals surface area contributed by atoms with Crippen LogP contribution in [0.25, 0.3) is 10.1 Å². The van der Waals surface area contributed by atoms with Crippen LogP contribution < -0.4 is 4.74 Å². The Morgan fingerprint density at radius 2 is 1.89 bits per heavy atom. The van der Waals surface area contributed by atoms with Crippen molar-refractivity contribution in [1.82, 2.24) is 0 Å². The van der Waals surface area contributed by atoms with E-state index in [-0.39, 0.29) is 5.82 Å². The van der Waals surface area contributed by atoms with Crippen LogP contribution in [-0.4, -0.2) is 0 Å². The molecule has 1 aromatic heterocycles. The molecule has 19 heavy (non-hydrogen) atoms. The molecule has 96 valence electrons. The molecule has 0 N–H and O–H groups in total. The van der Waals surface area contributed by atoms with E-state index in [4.69, 9.17) is 16.3 Å². The third-order valence-corrected chi connectivity index (χ3v) is 4.33. The maximum atomic E-state index is 12.8. The Balaban J connectivity index is 1.78. The molecule has 0 amide bonds. The Labute approximate surface area is 119 Å². The Morgan fingerprint density at radius 3 is 2.63 bits per heavy atom. The summed E-state index contributed by atoms with van der Waals surface area (Å²) in [7, 11) is 0. The fraction of sp³-hybridized carbons (Fsp3) is 0.0667. The summed E-state index contributed by atoms with van der Waals surface area (Å²) in [6.45, 7) is 0.460. The van der Waals surface area contributed by atoms with Gasteiger partial charge in [0.05, 0.1) is 9.72 Å². The lowest BCUT2D eigenvalue weighted by Crippen LogP contribution is -1.92. The van der Waals surface area contributed by atoms with Crippen LogP contribution >= 0.6 is 22.9 Å². The summed E-state index contributed by atoms with van der Waals surface area (Å²) < 4.78 is 19.5. The van der Waals surface area contributed by atoms with Gasteiger partial charge in [0.25, 0.3) is 0 Å². The first-order chi connectivity index (χ1) is 9.22. The lowest BCUT2D eigenvalue weighted by atomic mass is 10.2. The number of thiophene rings is 1. The minimum Gasteiger partial charge on any atom is -0.488 e. The van der Waals surface area contributed by atoms with Gasteiger partial charge >= 0.3 is 0 Å². The minimum absolute atomic E-state index is 0.263. The van der Waals surface area contributed by atoms with Crippen LogP contribution in [0.15, 0.2) is 48.5 Å². The topological polar surface area (TPSA) is 9.23 Å². The summed E-state index contributed by atoms with van der Waals surface area (Å²) in [5.74, 6) is 0.394. The first-order valence-corrected chi connectivity index (χ1v) is 6.97. The monoisotopic (exact) mass is 292 g/mol. The van der Waals surface area contributed by atoms with Gasteiger partial charge in [-0.2, -0.15) is 0 Å². The maximum absolute atomic E-state index is 12.8. The van der Waals surface area contributed by atoms with Gasteiger partial charge in [0.1, 0.15) is 18.2 Å². The standard InChI is InChI=1S/C15H10ClFOS/c16-14-3-1-2-10-8-13(19-15(10)14)9-18-12-6-4-11(17)5-7-12/h1-8H,9H2. The van der Waals surface area contributed by atoms with Crippen molar-refractivity contribution in [2.24, 2.45) is 0 Å². The molecule has 1 heterocycles. The minimum atomic E-state index is -0.263. The van der Waals surface area contributed by atoms with Crippen molar-refractivity contribution in [3.63, 3.8) is 0 Å². The Hall–Kier alpha value is -1.58. The predicted octanol–water partition coefficient (Wildman–Crippen LogP) is 5.27. The lowest BCUT2D eigenvalue weighted by Gasteiger charge is -2.03. The smallest absolute Gasteiger partial charge is 0.123 e. The molecule has 0 aliphatic carbocycles. The molecule has 0 fully saturated rings. The number of rotatable bonds is 3. The predicted molar refractivity (Wildman–Crippen MR) is 77.6 cm³/mol. The van der Waals surface area contributed by atoms with Gasteiger partial charge in [-0.1, -0.05) is 23.7 Å². The van der Waals surface area contributed by atoms with E-state index >= 15 is 0 Å². The summed E-state index contributed by atoms with van der Waals surface area (Å²) in [5, 5.41) is 1.88. The number of halogens is 2. The van der Waals surface area contributed by atoms with E-state index in [1.54, 1.807) is 23.5 Å². The van der Waals surface area contributed by atoms with Crippen molar-refractivity contribution < 1.29 is 9.13 Å². The number of ether oxygens (including phenoxy) is 1. The summed E-state index contributed by atoms with van der Waals surface area (Å²) in [6.07, 6.45) is 0. The van der Waals surface area contributed by atoms with Gasteiger partial charge in [-0.3, -0.25) is 0 Å². The van der Waals surface area contributed by atoms with Gasteiger partial charge < -0.3 is 4.74 Å². The third kappa shape index (κ3) is 2.72. The van der Waals surface area contributed by atoms with E-state index in [0.29, 0.717) is 12.4 Å². The summed E-state index contributed by atoms with van der Waals surface area (Å²) in [5.41, 5.74) is 0. The average Bonchev–Trinajstić information content (AvgIpc) is 2.83. The van der Waals surface area contributed by atoms with E-state index in [2.05, 4.69) is 6.07 Å². The van der Waals surface area contributed by atoms with Crippen molar-refractivity contribution in [1.29, 1.82) is 0 Å². The van der Waals surface area contributed by atoms with Gasteiger partial charge in [-0.05, 0) is 41.8 Å². The Morgan fingerprint density at radius 1 is 1.11 bits per heavy atom. The molecule has 0 saturated heterocycles. The molecule has 0 aliphatic heterocycles. The second kappa shape index (κ2) is 5.19. The lowest BCUT2D eigenvalue weighted by molar-refractivity contribution is 0.309. The zero-order valence-corrected chi connectivity index (χ0v) is 11.5. The number of fused-ring (bicyclic) bond motifs is 1. The highest BCUT2D eigenvalue weighted by Gasteiger charge is 2.05. The van der Waals surface area contributed by atoms with E-state index < -0.39 is 0 Å². The van der Waals surface area contributed by atoms with Crippen LogP contribution in [-0.2, 0) is 6.61 Å². The molecule has 2 aromatic carbocycles. The van der Waals surface area contributed by atoms with E-state index in [0.717, 1.165) is 20.0 Å². The molecule has 0 spiro atoms. The van der Waals surface area contributed by atoms with Crippen LogP contribution in [0.5, 0.6) is 5.75 Å². The molecule has 1 nitrogen and oxygen atoms in total. The second-order valence-corrected chi connectivity index (χ2v) is 5.66. The van der Waals surface area contributed by atoms with Crippen LogP contribution in [0.1, 0.15) is 4.88 Å². The van der Waals surface area contributed by atoms with Crippen molar-refractivity contribution >= 4 is 33.0 Å². The maximum Gasteiger partial charge on any atom is 0.123 e. The number of hydrogen-bond acceptors (Lipinski definition) is 2. The van der Waals surface area contributed by atoms with E-state index in [1.807, 2.05) is 18.2 Å². The Bertz CT molecular complexity index is 706. The largest absolute Gasteiger partial charge is 0.488 e. The summed E-state index contributed by atoms with van der Waals surface area (Å²) >= 11 is 7.75. The molecule has 0 saturated carbocycles. The van der Waals surface area contributed by atoms with E-state index in [1.165, 1.54) is 12.1 Å². The molecule has 3 aromatic rings. The van der Waals surface area contributed by atoms with E-state index in [9.17, 15) is 4.39 Å². The number of hydrogen-bond donors (Lipinski definition) is 0. The average molecular weight is 293 g/mol. The van der Waals surface area contributed by atoms with Crippen LogP contribution in [0.2, 0.25) is 5.02 Å². The second-order valence-electron chi connectivity index (χ2n) is 4.11. The third-order valence-electron chi connectivity index (χ3n) is 2.74. The van der Waals surface area contributed by atoms with Gasteiger partial charge in [0, 0.05) is 4.88 Å². The zero-order valence-electron chi connectivity index (χ0n) is 9.90. The molecule has 0 atom stereocenters. The molecular weight excluding hydrogens is 283 g/mol. The van der Waals surface area contributed by atoms with Crippen LogP contribution in [0, 0.1) is 5.82 Å². The fourth-order valence-corrected chi connectivity index (χ4v) is 3.11. The zero-order chi connectivity index (χ0) is 13.2. The first-order valence-electron chi connectivity index (χ1n) is 5.78. The SMILES string of the molecule is Fc1ccc(OCc2cc3cccc(Cl)c3s2)cc1. The van der Waals surface area contributed by atoms with Gasteiger partial charge in [0.15, 0.2) is 0 Å². The van der Waals surface area contributed by atoms with Crippen molar-refractivity contribution in [3.8, 4) is 5.75 Å². The van der Waals surface area contributed by atoms with Crippen molar-refractivity contribution in [3.05, 3.63) is 64.2 Å². The highest BCUT2D eigenvalue weighted by atomic mass is 35.5. The highest BCUT2D eigenvalue weighted by Crippen LogP contribution is 2.32. The van der Waals surface area contributed by atoms with Gasteiger partial charge in [0.2, 0.25) is 0 Å². The summed E-state index contributed by atoms with van der Waals surface area (Å²) in [4.78, 5) is 1.09. The highest BCUT2D eigenvalue weighted by molar-refractivity contribution is 7.19. The number of benzene rings is 2. The molecular formula is C15H10ClFOS. The molecule has 0 unspecified atom stereocenters. The summed E-state index contributed by atoms with van der Waals surface area (Å²) in [6, 6.07) is 13.9. The molecule has 0 bridgehead atoms.